The van der Waals surface area contributed by atoms with Crippen molar-refractivity contribution in [3.63, 3.8) is 0 Å². The van der Waals surface area contributed by atoms with E-state index < -0.39 is 0 Å². The Morgan fingerprint density at radius 3 is 2.55 bits per heavy atom. The Balaban J connectivity index is 2.93. The molecule has 1 aromatic carbocycles. The molecule has 0 spiro atoms. The minimum Gasteiger partial charge on any atom is -0.508 e. The molecule has 0 aromatic heterocycles. The van der Waals surface area contributed by atoms with Crippen molar-refractivity contribution in [3.8, 4) is 5.75 Å². The number of aromatic hydroxyl groups is 1. The van der Waals surface area contributed by atoms with Gasteiger partial charge in [-0.05, 0) is 24.0 Å². The van der Waals surface area contributed by atoms with Crippen LogP contribution in [0.25, 0.3) is 0 Å². The summed E-state index contributed by atoms with van der Waals surface area (Å²) in [5.74, 6) is 0.873. The molecule has 0 bridgehead atoms. The molecule has 1 nitrogen and oxygen atoms in total. The highest BCUT2D eigenvalue weighted by atomic mass is 16.3. The summed E-state index contributed by atoms with van der Waals surface area (Å²) in [4.78, 5) is 0. The molecule has 0 radical (unpaired) electrons. The van der Waals surface area contributed by atoms with Gasteiger partial charge in [-0.25, -0.2) is 0 Å². The van der Waals surface area contributed by atoms with Gasteiger partial charge in [-0.2, -0.15) is 0 Å². The SMILES string of the molecule is CC[C@@H](C)c1ccccc1O. The van der Waals surface area contributed by atoms with Crippen molar-refractivity contribution in [2.45, 2.75) is 26.2 Å². The second-order valence-corrected chi connectivity index (χ2v) is 2.87. The van der Waals surface area contributed by atoms with Crippen LogP contribution in [0.5, 0.6) is 5.75 Å². The predicted molar refractivity (Wildman–Crippen MR) is 46.8 cm³/mol. The average molecular weight is 150 g/mol. The molecule has 11 heavy (non-hydrogen) atoms. The fourth-order valence-electron chi connectivity index (χ4n) is 1.12. The van der Waals surface area contributed by atoms with E-state index in [1.165, 1.54) is 0 Å². The molecule has 0 aliphatic carbocycles. The van der Waals surface area contributed by atoms with Crippen molar-refractivity contribution in [2.75, 3.05) is 0 Å². The van der Waals surface area contributed by atoms with Gasteiger partial charge < -0.3 is 5.11 Å². The summed E-state index contributed by atoms with van der Waals surface area (Å²) < 4.78 is 0. The Morgan fingerprint density at radius 2 is 2.00 bits per heavy atom. The maximum atomic E-state index is 9.41. The topological polar surface area (TPSA) is 20.2 Å². The Bertz CT molecular complexity index is 230. The third-order valence-corrected chi connectivity index (χ3v) is 2.08. The van der Waals surface area contributed by atoms with E-state index in [2.05, 4.69) is 13.8 Å². The summed E-state index contributed by atoms with van der Waals surface area (Å²) >= 11 is 0. The number of hydrogen-bond acceptors (Lipinski definition) is 1. The lowest BCUT2D eigenvalue weighted by atomic mass is 9.98. The van der Waals surface area contributed by atoms with Crippen LogP contribution in [0.2, 0.25) is 0 Å². The molecule has 1 heteroatoms. The lowest BCUT2D eigenvalue weighted by Crippen LogP contribution is -1.90. The van der Waals surface area contributed by atoms with Crippen LogP contribution in [0.4, 0.5) is 0 Å². The normalized spacial score (nSPS) is 12.9. The van der Waals surface area contributed by atoms with Gasteiger partial charge in [0.15, 0.2) is 0 Å². The highest BCUT2D eigenvalue weighted by molar-refractivity contribution is 5.34. The summed E-state index contributed by atoms with van der Waals surface area (Å²) in [7, 11) is 0. The summed E-state index contributed by atoms with van der Waals surface area (Å²) in [6.45, 7) is 4.24. The van der Waals surface area contributed by atoms with Crippen LogP contribution in [-0.2, 0) is 0 Å². The Morgan fingerprint density at radius 1 is 1.36 bits per heavy atom. The zero-order valence-corrected chi connectivity index (χ0v) is 7.04. The van der Waals surface area contributed by atoms with E-state index in [4.69, 9.17) is 0 Å². The zero-order valence-electron chi connectivity index (χ0n) is 7.04. The fourth-order valence-corrected chi connectivity index (χ4v) is 1.12. The fraction of sp³-hybridized carbons (Fsp3) is 0.400. The van der Waals surface area contributed by atoms with Crippen LogP contribution in [0.1, 0.15) is 31.7 Å². The van der Waals surface area contributed by atoms with Gasteiger partial charge in [0.25, 0.3) is 0 Å². The first-order chi connectivity index (χ1) is 5.25. The molecule has 0 aliphatic rings. The molecule has 0 aliphatic heterocycles. The second kappa shape index (κ2) is 3.42. The van der Waals surface area contributed by atoms with Crippen LogP contribution in [0.3, 0.4) is 0 Å². The van der Waals surface area contributed by atoms with E-state index in [1.807, 2.05) is 18.2 Å². The lowest BCUT2D eigenvalue weighted by Gasteiger charge is -2.09. The highest BCUT2D eigenvalue weighted by Gasteiger charge is 2.05. The molecule has 60 valence electrons. The van der Waals surface area contributed by atoms with Crippen molar-refractivity contribution in [3.05, 3.63) is 29.8 Å². The van der Waals surface area contributed by atoms with Crippen LogP contribution in [0.15, 0.2) is 24.3 Å². The van der Waals surface area contributed by atoms with Crippen LogP contribution in [-0.4, -0.2) is 5.11 Å². The second-order valence-electron chi connectivity index (χ2n) is 2.87. The van der Waals surface area contributed by atoms with Crippen LogP contribution >= 0.6 is 0 Å². The van der Waals surface area contributed by atoms with Crippen molar-refractivity contribution in [2.24, 2.45) is 0 Å². The van der Waals surface area contributed by atoms with Gasteiger partial charge in [-0.15, -0.1) is 0 Å². The van der Waals surface area contributed by atoms with Crippen molar-refractivity contribution in [1.29, 1.82) is 0 Å². The molecular formula is C10H14O. The molecule has 1 atom stereocenters. The minimum absolute atomic E-state index is 0.418. The van der Waals surface area contributed by atoms with Gasteiger partial charge >= 0.3 is 0 Å². The summed E-state index contributed by atoms with van der Waals surface area (Å²) in [6, 6.07) is 7.52. The van der Waals surface area contributed by atoms with Gasteiger partial charge in [-0.3, -0.25) is 0 Å². The largest absolute Gasteiger partial charge is 0.508 e. The molecule has 0 heterocycles. The summed E-state index contributed by atoms with van der Waals surface area (Å²) in [5.41, 5.74) is 1.05. The highest BCUT2D eigenvalue weighted by Crippen LogP contribution is 2.26. The lowest BCUT2D eigenvalue weighted by molar-refractivity contribution is 0.462. The Hall–Kier alpha value is -0.980. The quantitative estimate of drug-likeness (QED) is 0.687. The summed E-state index contributed by atoms with van der Waals surface area (Å²) in [6.07, 6.45) is 1.07. The third-order valence-electron chi connectivity index (χ3n) is 2.08. The van der Waals surface area contributed by atoms with Gasteiger partial charge in [0.1, 0.15) is 5.75 Å². The number of phenols is 1. The Labute approximate surface area is 67.7 Å². The Kier molecular flexibility index (Phi) is 2.53. The summed E-state index contributed by atoms with van der Waals surface area (Å²) in [5, 5.41) is 9.41. The standard InChI is InChI=1S/C10H14O/c1-3-8(2)9-6-4-5-7-10(9)11/h4-8,11H,3H2,1-2H3/t8-/m1/s1. The van der Waals surface area contributed by atoms with Gasteiger partial charge in [0.05, 0.1) is 0 Å². The number of hydrogen-bond donors (Lipinski definition) is 1. The first-order valence-electron chi connectivity index (χ1n) is 4.03. The molecule has 1 aromatic rings. The van der Waals surface area contributed by atoms with Gasteiger partial charge in [0.2, 0.25) is 0 Å². The van der Waals surface area contributed by atoms with Gasteiger partial charge in [0, 0.05) is 0 Å². The van der Waals surface area contributed by atoms with E-state index >= 15 is 0 Å². The van der Waals surface area contributed by atoms with E-state index in [0.29, 0.717) is 11.7 Å². The average Bonchev–Trinajstić information content (AvgIpc) is 2.04. The van der Waals surface area contributed by atoms with E-state index in [0.717, 1.165) is 12.0 Å². The molecule has 1 N–H and O–H groups in total. The van der Waals surface area contributed by atoms with Crippen molar-refractivity contribution >= 4 is 0 Å². The number of rotatable bonds is 2. The molecule has 0 unspecified atom stereocenters. The van der Waals surface area contributed by atoms with E-state index in [9.17, 15) is 5.11 Å². The molecule has 0 saturated heterocycles. The monoisotopic (exact) mass is 150 g/mol. The van der Waals surface area contributed by atoms with E-state index in [1.54, 1.807) is 6.07 Å². The predicted octanol–water partition coefficient (Wildman–Crippen LogP) is 2.91. The third kappa shape index (κ3) is 1.73. The number of phenolic OH excluding ortho intramolecular Hbond substituents is 1. The first-order valence-corrected chi connectivity index (χ1v) is 4.03. The smallest absolute Gasteiger partial charge is 0.119 e. The maximum Gasteiger partial charge on any atom is 0.119 e. The minimum atomic E-state index is 0.418. The number of benzene rings is 1. The van der Waals surface area contributed by atoms with Crippen molar-refractivity contribution in [1.82, 2.24) is 0 Å². The molecular weight excluding hydrogens is 136 g/mol. The molecule has 0 fully saturated rings. The molecule has 1 rings (SSSR count). The maximum absolute atomic E-state index is 9.41. The van der Waals surface area contributed by atoms with Crippen molar-refractivity contribution < 1.29 is 5.11 Å². The van der Waals surface area contributed by atoms with Crippen LogP contribution in [0, 0.1) is 0 Å². The van der Waals surface area contributed by atoms with Crippen LogP contribution < -0.4 is 0 Å². The molecule has 0 amide bonds. The van der Waals surface area contributed by atoms with E-state index in [-0.39, 0.29) is 0 Å². The van der Waals surface area contributed by atoms with Gasteiger partial charge in [-0.1, -0.05) is 32.0 Å². The zero-order chi connectivity index (χ0) is 8.27. The first kappa shape index (κ1) is 8.12. The number of para-hydroxylation sites is 1. The molecule has 0 saturated carbocycles.